The number of rotatable bonds is 4. The first-order valence-corrected chi connectivity index (χ1v) is 10.1. The van der Waals surface area contributed by atoms with E-state index < -0.39 is 17.0 Å². The van der Waals surface area contributed by atoms with Crippen LogP contribution in [0, 0.1) is 24.0 Å². The van der Waals surface area contributed by atoms with E-state index in [1.54, 1.807) is 17.2 Å². The van der Waals surface area contributed by atoms with E-state index in [2.05, 4.69) is 4.98 Å². The summed E-state index contributed by atoms with van der Waals surface area (Å²) in [5, 5.41) is 11.0. The first-order chi connectivity index (χ1) is 14.4. The molecular weight excluding hydrogens is 386 g/mol. The SMILES string of the molecule is Cc1ccc2nccc(C(=O)N3CCC[C@](CO)(Cc4ccc(F)cc4F)C3)c2c1. The molecule has 1 aromatic heterocycles. The van der Waals surface area contributed by atoms with Gasteiger partial charge in [-0.25, -0.2) is 8.78 Å². The Kier molecular flexibility index (Phi) is 5.52. The summed E-state index contributed by atoms with van der Waals surface area (Å²) < 4.78 is 27.5. The van der Waals surface area contributed by atoms with Gasteiger partial charge in [0.2, 0.25) is 0 Å². The lowest BCUT2D eigenvalue weighted by Gasteiger charge is -2.42. The smallest absolute Gasteiger partial charge is 0.254 e. The molecule has 6 heteroatoms. The van der Waals surface area contributed by atoms with Gasteiger partial charge in [-0.3, -0.25) is 9.78 Å². The van der Waals surface area contributed by atoms with E-state index in [0.717, 1.165) is 22.5 Å². The van der Waals surface area contributed by atoms with Crippen molar-refractivity contribution in [1.82, 2.24) is 9.88 Å². The Morgan fingerprint density at radius 3 is 2.80 bits per heavy atom. The Morgan fingerprint density at radius 1 is 1.20 bits per heavy atom. The molecule has 156 valence electrons. The number of hydrogen-bond acceptors (Lipinski definition) is 3. The van der Waals surface area contributed by atoms with Gasteiger partial charge in [-0.15, -0.1) is 0 Å². The average molecular weight is 410 g/mol. The van der Waals surface area contributed by atoms with Crippen molar-refractivity contribution in [3.05, 3.63) is 77.0 Å². The molecule has 1 aliphatic rings. The summed E-state index contributed by atoms with van der Waals surface area (Å²) in [5.74, 6) is -1.37. The van der Waals surface area contributed by atoms with Crippen LogP contribution in [0.4, 0.5) is 8.78 Å². The fourth-order valence-electron chi connectivity index (χ4n) is 4.40. The van der Waals surface area contributed by atoms with E-state index >= 15 is 0 Å². The van der Waals surface area contributed by atoms with Crippen LogP contribution in [0.5, 0.6) is 0 Å². The number of fused-ring (bicyclic) bond motifs is 1. The van der Waals surface area contributed by atoms with E-state index in [0.29, 0.717) is 37.1 Å². The number of hydrogen-bond donors (Lipinski definition) is 1. The molecule has 2 heterocycles. The third-order valence-corrected chi connectivity index (χ3v) is 5.99. The number of piperidine rings is 1. The molecule has 1 atom stereocenters. The number of carbonyl (C=O) groups excluding carboxylic acids is 1. The molecule has 0 aliphatic carbocycles. The van der Waals surface area contributed by atoms with Crippen LogP contribution in [0.15, 0.2) is 48.7 Å². The van der Waals surface area contributed by atoms with Crippen molar-refractivity contribution in [3.8, 4) is 0 Å². The maximum absolute atomic E-state index is 14.2. The van der Waals surface area contributed by atoms with Crippen molar-refractivity contribution in [3.63, 3.8) is 0 Å². The summed E-state index contributed by atoms with van der Waals surface area (Å²) in [6.45, 7) is 2.68. The first-order valence-electron chi connectivity index (χ1n) is 10.1. The molecule has 4 rings (SSSR count). The van der Waals surface area contributed by atoms with Crippen molar-refractivity contribution in [2.75, 3.05) is 19.7 Å². The minimum Gasteiger partial charge on any atom is -0.396 e. The van der Waals surface area contributed by atoms with Crippen LogP contribution in [0.25, 0.3) is 10.9 Å². The third-order valence-electron chi connectivity index (χ3n) is 5.99. The highest BCUT2D eigenvalue weighted by Gasteiger charge is 2.38. The maximum atomic E-state index is 14.2. The van der Waals surface area contributed by atoms with Crippen molar-refractivity contribution in [2.24, 2.45) is 5.41 Å². The van der Waals surface area contributed by atoms with Crippen molar-refractivity contribution < 1.29 is 18.7 Å². The zero-order valence-electron chi connectivity index (χ0n) is 16.9. The number of halogens is 2. The summed E-state index contributed by atoms with van der Waals surface area (Å²) in [7, 11) is 0. The lowest BCUT2D eigenvalue weighted by Crippen LogP contribution is -2.49. The minimum absolute atomic E-state index is 0.120. The highest BCUT2D eigenvalue weighted by Crippen LogP contribution is 2.35. The second kappa shape index (κ2) is 8.11. The highest BCUT2D eigenvalue weighted by atomic mass is 19.1. The zero-order chi connectivity index (χ0) is 21.3. The predicted octanol–water partition coefficient (Wildman–Crippen LogP) is 4.28. The summed E-state index contributed by atoms with van der Waals surface area (Å²) >= 11 is 0. The molecule has 1 amide bonds. The Morgan fingerprint density at radius 2 is 2.03 bits per heavy atom. The Hall–Kier alpha value is -2.86. The summed E-state index contributed by atoms with van der Waals surface area (Å²) in [6.07, 6.45) is 3.25. The van der Waals surface area contributed by atoms with E-state index in [1.807, 2.05) is 25.1 Å². The Labute approximate surface area is 174 Å². The van der Waals surface area contributed by atoms with Crippen LogP contribution in [0.2, 0.25) is 0 Å². The fraction of sp³-hybridized carbons (Fsp3) is 0.333. The number of nitrogens with zero attached hydrogens (tertiary/aromatic N) is 2. The quantitative estimate of drug-likeness (QED) is 0.699. The second-order valence-electron chi connectivity index (χ2n) is 8.28. The van der Waals surface area contributed by atoms with Crippen LogP contribution in [-0.4, -0.2) is 40.6 Å². The van der Waals surface area contributed by atoms with Gasteiger partial charge in [-0.05, 0) is 56.0 Å². The predicted molar refractivity (Wildman–Crippen MR) is 111 cm³/mol. The number of aromatic nitrogens is 1. The number of aliphatic hydroxyl groups excluding tert-OH is 1. The Bertz CT molecular complexity index is 1100. The highest BCUT2D eigenvalue weighted by molar-refractivity contribution is 6.06. The summed E-state index contributed by atoms with van der Waals surface area (Å²) in [4.78, 5) is 19.5. The molecule has 0 radical (unpaired) electrons. The van der Waals surface area contributed by atoms with Crippen molar-refractivity contribution >= 4 is 16.8 Å². The van der Waals surface area contributed by atoms with Crippen molar-refractivity contribution in [2.45, 2.75) is 26.2 Å². The van der Waals surface area contributed by atoms with Crippen LogP contribution in [0.1, 0.15) is 34.3 Å². The van der Waals surface area contributed by atoms with Crippen LogP contribution in [-0.2, 0) is 6.42 Å². The molecule has 1 fully saturated rings. The standard InChI is InChI=1S/C24H24F2N2O2/c1-16-3-6-22-20(11-16)19(7-9-27-22)23(30)28-10-2-8-24(14-28,15-29)13-17-4-5-18(25)12-21(17)26/h3-7,9,11-12,29H,2,8,10,13-15H2,1H3/t24-/m0/s1. The number of carbonyl (C=O) groups is 1. The van der Waals surface area contributed by atoms with Crippen LogP contribution >= 0.6 is 0 Å². The zero-order valence-corrected chi connectivity index (χ0v) is 16.9. The molecular formula is C24H24F2N2O2. The second-order valence-corrected chi connectivity index (χ2v) is 8.28. The lowest BCUT2D eigenvalue weighted by atomic mass is 9.75. The van der Waals surface area contributed by atoms with Gasteiger partial charge < -0.3 is 10.0 Å². The Balaban J connectivity index is 1.63. The molecule has 0 saturated carbocycles. The van der Waals surface area contributed by atoms with E-state index in [1.165, 1.54) is 12.1 Å². The number of benzene rings is 2. The molecule has 0 unspecified atom stereocenters. The molecule has 3 aromatic rings. The maximum Gasteiger partial charge on any atom is 0.254 e. The van der Waals surface area contributed by atoms with Gasteiger partial charge in [0.05, 0.1) is 17.7 Å². The van der Waals surface area contributed by atoms with Gasteiger partial charge in [-0.1, -0.05) is 17.7 Å². The van der Waals surface area contributed by atoms with Gasteiger partial charge in [0.1, 0.15) is 11.6 Å². The number of pyridine rings is 1. The molecule has 30 heavy (non-hydrogen) atoms. The van der Waals surface area contributed by atoms with Crippen LogP contribution in [0.3, 0.4) is 0 Å². The van der Waals surface area contributed by atoms with Crippen molar-refractivity contribution in [1.29, 1.82) is 0 Å². The molecule has 0 spiro atoms. The number of amides is 1. The summed E-state index contributed by atoms with van der Waals surface area (Å²) in [5.41, 5.74) is 2.06. The topological polar surface area (TPSA) is 53.4 Å². The fourth-order valence-corrected chi connectivity index (χ4v) is 4.40. The molecule has 1 saturated heterocycles. The third kappa shape index (κ3) is 3.92. The normalized spacial score (nSPS) is 19.3. The molecule has 2 aromatic carbocycles. The van der Waals surface area contributed by atoms with E-state index in [-0.39, 0.29) is 18.9 Å². The first kappa shape index (κ1) is 20.4. The monoisotopic (exact) mass is 410 g/mol. The number of likely N-dealkylation sites (tertiary alicyclic amines) is 1. The van der Waals surface area contributed by atoms with E-state index in [9.17, 15) is 18.7 Å². The lowest BCUT2D eigenvalue weighted by molar-refractivity contribution is 0.0269. The summed E-state index contributed by atoms with van der Waals surface area (Å²) in [6, 6.07) is 11.0. The minimum atomic E-state index is -0.661. The van der Waals surface area contributed by atoms with Crippen LogP contribution < -0.4 is 0 Å². The molecule has 4 nitrogen and oxygen atoms in total. The number of aryl methyl sites for hydroxylation is 1. The molecule has 1 aliphatic heterocycles. The number of aliphatic hydroxyl groups is 1. The molecule has 0 bridgehead atoms. The van der Waals surface area contributed by atoms with Gasteiger partial charge >= 0.3 is 0 Å². The average Bonchev–Trinajstić information content (AvgIpc) is 2.75. The molecule has 1 N–H and O–H groups in total. The van der Waals surface area contributed by atoms with Gasteiger partial charge in [-0.2, -0.15) is 0 Å². The van der Waals surface area contributed by atoms with Gasteiger partial charge in [0.25, 0.3) is 5.91 Å². The largest absolute Gasteiger partial charge is 0.396 e. The van der Waals surface area contributed by atoms with Gasteiger partial charge in [0, 0.05) is 36.2 Å². The van der Waals surface area contributed by atoms with Gasteiger partial charge in [0.15, 0.2) is 0 Å². The van der Waals surface area contributed by atoms with E-state index in [4.69, 9.17) is 0 Å².